The van der Waals surface area contributed by atoms with Crippen LogP contribution in [0.15, 0.2) is 30.3 Å². The largest absolute Gasteiger partial charge is 0.206 e. The summed E-state index contributed by atoms with van der Waals surface area (Å²) in [6.45, 7) is 0. The average molecular weight is 278 g/mol. The number of hydrogen-bond acceptors (Lipinski definition) is 1. The molecule has 0 saturated heterocycles. The van der Waals surface area contributed by atoms with E-state index in [9.17, 15) is 8.78 Å². The van der Waals surface area contributed by atoms with Crippen LogP contribution in [-0.4, -0.2) is 0 Å². The van der Waals surface area contributed by atoms with Crippen molar-refractivity contribution in [2.75, 3.05) is 0 Å². The topological polar surface area (TPSA) is 0 Å². The van der Waals surface area contributed by atoms with Gasteiger partial charge in [-0.3, -0.25) is 0 Å². The van der Waals surface area contributed by atoms with E-state index in [-0.39, 0.29) is 10.9 Å². The third-order valence-corrected chi connectivity index (χ3v) is 4.82. The molecule has 100 valence electrons. The maximum absolute atomic E-state index is 14.2. The van der Waals surface area contributed by atoms with Gasteiger partial charge in [0.05, 0.1) is 0 Å². The SMILES string of the molecule is Fc1ccc(-c2ccc(C3CCCCC3)cc2F)s1. The van der Waals surface area contributed by atoms with Crippen LogP contribution < -0.4 is 0 Å². The van der Waals surface area contributed by atoms with Crippen LogP contribution in [0.4, 0.5) is 8.78 Å². The molecule has 2 aromatic rings. The molecule has 1 fully saturated rings. The van der Waals surface area contributed by atoms with Gasteiger partial charge < -0.3 is 0 Å². The van der Waals surface area contributed by atoms with Crippen LogP contribution in [0.5, 0.6) is 0 Å². The van der Waals surface area contributed by atoms with Crippen molar-refractivity contribution in [3.8, 4) is 10.4 Å². The first-order valence-electron chi connectivity index (χ1n) is 6.79. The van der Waals surface area contributed by atoms with Gasteiger partial charge in [0.15, 0.2) is 5.13 Å². The Kier molecular flexibility index (Phi) is 3.65. The van der Waals surface area contributed by atoms with Crippen molar-refractivity contribution in [1.82, 2.24) is 0 Å². The van der Waals surface area contributed by atoms with Gasteiger partial charge in [0.1, 0.15) is 5.82 Å². The van der Waals surface area contributed by atoms with Crippen molar-refractivity contribution in [2.24, 2.45) is 0 Å². The van der Waals surface area contributed by atoms with Gasteiger partial charge >= 0.3 is 0 Å². The second-order valence-corrected chi connectivity index (χ2v) is 6.21. The van der Waals surface area contributed by atoms with Gasteiger partial charge in [-0.15, -0.1) is 11.3 Å². The van der Waals surface area contributed by atoms with E-state index in [0.29, 0.717) is 16.4 Å². The van der Waals surface area contributed by atoms with Gasteiger partial charge in [-0.2, -0.15) is 4.39 Å². The predicted octanol–water partition coefficient (Wildman–Crippen LogP) is 5.74. The fourth-order valence-electron chi connectivity index (χ4n) is 2.88. The van der Waals surface area contributed by atoms with Crippen molar-refractivity contribution in [1.29, 1.82) is 0 Å². The summed E-state index contributed by atoms with van der Waals surface area (Å²) in [5.74, 6) is 0.266. The highest BCUT2D eigenvalue weighted by Gasteiger charge is 2.17. The molecule has 0 radical (unpaired) electrons. The van der Waals surface area contributed by atoms with Crippen LogP contribution in [-0.2, 0) is 0 Å². The summed E-state index contributed by atoms with van der Waals surface area (Å²) in [5.41, 5.74) is 1.60. The van der Waals surface area contributed by atoms with E-state index in [1.54, 1.807) is 18.2 Å². The predicted molar refractivity (Wildman–Crippen MR) is 75.5 cm³/mol. The molecule has 19 heavy (non-hydrogen) atoms. The number of hydrogen-bond donors (Lipinski definition) is 0. The molecule has 1 saturated carbocycles. The summed E-state index contributed by atoms with van der Waals surface area (Å²) < 4.78 is 27.2. The van der Waals surface area contributed by atoms with Gasteiger partial charge in [0.2, 0.25) is 0 Å². The van der Waals surface area contributed by atoms with E-state index >= 15 is 0 Å². The molecule has 0 spiro atoms. The van der Waals surface area contributed by atoms with E-state index in [0.717, 1.165) is 29.7 Å². The lowest BCUT2D eigenvalue weighted by molar-refractivity contribution is 0.442. The van der Waals surface area contributed by atoms with E-state index in [1.165, 1.54) is 25.3 Å². The molecule has 0 atom stereocenters. The Labute approximate surface area is 116 Å². The molecule has 0 N–H and O–H groups in total. The van der Waals surface area contributed by atoms with Gasteiger partial charge in [0.25, 0.3) is 0 Å². The third-order valence-electron chi connectivity index (χ3n) is 3.91. The summed E-state index contributed by atoms with van der Waals surface area (Å²) >= 11 is 0.990. The van der Waals surface area contributed by atoms with Gasteiger partial charge in [-0.1, -0.05) is 31.4 Å². The molecule has 1 aliphatic carbocycles. The molecule has 1 heterocycles. The van der Waals surface area contributed by atoms with Gasteiger partial charge in [0, 0.05) is 10.4 Å². The second kappa shape index (κ2) is 5.41. The van der Waals surface area contributed by atoms with E-state index in [4.69, 9.17) is 0 Å². The van der Waals surface area contributed by atoms with Crippen LogP contribution in [0, 0.1) is 10.9 Å². The highest BCUT2D eigenvalue weighted by Crippen LogP contribution is 2.35. The first kappa shape index (κ1) is 12.8. The van der Waals surface area contributed by atoms with Crippen molar-refractivity contribution >= 4 is 11.3 Å². The van der Waals surface area contributed by atoms with Gasteiger partial charge in [-0.05, 0) is 42.5 Å². The lowest BCUT2D eigenvalue weighted by atomic mass is 9.84. The van der Waals surface area contributed by atoms with Crippen molar-refractivity contribution in [3.63, 3.8) is 0 Å². The summed E-state index contributed by atoms with van der Waals surface area (Å²) in [6, 6.07) is 8.46. The van der Waals surface area contributed by atoms with E-state index in [1.807, 2.05) is 6.07 Å². The minimum atomic E-state index is -0.272. The fourth-order valence-corrected chi connectivity index (χ4v) is 3.64. The average Bonchev–Trinajstić information content (AvgIpc) is 2.86. The van der Waals surface area contributed by atoms with Crippen LogP contribution in [0.3, 0.4) is 0 Å². The number of halogens is 2. The summed E-state index contributed by atoms with van der Waals surface area (Å²) in [4.78, 5) is 0.658. The molecule has 1 aliphatic rings. The summed E-state index contributed by atoms with van der Waals surface area (Å²) in [7, 11) is 0. The normalized spacial score (nSPS) is 16.7. The van der Waals surface area contributed by atoms with Crippen molar-refractivity contribution < 1.29 is 8.78 Å². The molecule has 1 aromatic carbocycles. The Morgan fingerprint density at radius 2 is 1.74 bits per heavy atom. The zero-order valence-electron chi connectivity index (χ0n) is 10.7. The van der Waals surface area contributed by atoms with Crippen LogP contribution in [0.25, 0.3) is 10.4 Å². The quantitative estimate of drug-likeness (QED) is 0.657. The molecule has 1 aromatic heterocycles. The first-order valence-corrected chi connectivity index (χ1v) is 7.61. The number of benzene rings is 1. The third kappa shape index (κ3) is 2.71. The monoisotopic (exact) mass is 278 g/mol. The Hall–Kier alpha value is -1.22. The van der Waals surface area contributed by atoms with Gasteiger partial charge in [-0.25, -0.2) is 4.39 Å². The molecule has 3 rings (SSSR count). The maximum atomic E-state index is 14.2. The Bertz CT molecular complexity index is 568. The number of thiophene rings is 1. The molecular formula is C16H16F2S. The standard InChI is InChI=1S/C16H16F2S/c17-14-10-12(11-4-2-1-3-5-11)6-7-13(14)15-8-9-16(18)19-15/h6-11H,1-5H2. The van der Waals surface area contributed by atoms with E-state index in [2.05, 4.69) is 0 Å². The molecule has 0 unspecified atom stereocenters. The summed E-state index contributed by atoms with van der Waals surface area (Å²) in [6.07, 6.45) is 6.10. The minimum absolute atomic E-state index is 0.232. The smallest absolute Gasteiger partial charge is 0.176 e. The van der Waals surface area contributed by atoms with E-state index < -0.39 is 0 Å². The zero-order valence-corrected chi connectivity index (χ0v) is 11.5. The second-order valence-electron chi connectivity index (χ2n) is 5.18. The molecule has 0 bridgehead atoms. The lowest BCUT2D eigenvalue weighted by Gasteiger charge is -2.22. The molecule has 3 heteroatoms. The maximum Gasteiger partial charge on any atom is 0.176 e. The lowest BCUT2D eigenvalue weighted by Crippen LogP contribution is -2.04. The highest BCUT2D eigenvalue weighted by atomic mass is 32.1. The zero-order chi connectivity index (χ0) is 13.2. The Morgan fingerprint density at radius 3 is 2.37 bits per heavy atom. The first-order chi connectivity index (χ1) is 9.24. The molecule has 0 aliphatic heterocycles. The summed E-state index contributed by atoms with van der Waals surface area (Å²) in [5, 5.41) is -0.272. The molecule has 0 nitrogen and oxygen atoms in total. The number of rotatable bonds is 2. The minimum Gasteiger partial charge on any atom is -0.206 e. The fraction of sp³-hybridized carbons (Fsp3) is 0.375. The molecule has 0 amide bonds. The highest BCUT2D eigenvalue weighted by molar-refractivity contribution is 7.13. The Morgan fingerprint density at radius 1 is 0.947 bits per heavy atom. The molecular weight excluding hydrogens is 262 g/mol. The Balaban J connectivity index is 1.89. The van der Waals surface area contributed by atoms with Crippen LogP contribution in [0.1, 0.15) is 43.6 Å². The van der Waals surface area contributed by atoms with Crippen molar-refractivity contribution in [2.45, 2.75) is 38.0 Å². The van der Waals surface area contributed by atoms with Crippen LogP contribution >= 0.6 is 11.3 Å². The van der Waals surface area contributed by atoms with Crippen molar-refractivity contribution in [3.05, 3.63) is 46.8 Å². The van der Waals surface area contributed by atoms with Crippen LogP contribution in [0.2, 0.25) is 0 Å².